The van der Waals surface area contributed by atoms with Crippen LogP contribution in [0.25, 0.3) is 10.9 Å². The summed E-state index contributed by atoms with van der Waals surface area (Å²) in [6.45, 7) is 0.208. The number of hydrogen-bond donors (Lipinski definition) is 1. The number of anilines is 1. The van der Waals surface area contributed by atoms with E-state index in [4.69, 9.17) is 10.5 Å². The number of benzene rings is 3. The highest BCUT2D eigenvalue weighted by atomic mass is 32.2. The van der Waals surface area contributed by atoms with E-state index in [2.05, 4.69) is 0 Å². The normalized spacial score (nSPS) is 12.2. The molecule has 0 unspecified atom stereocenters. The Hall–Kier alpha value is -3.19. The number of nitrogen functional groups attached to an aromatic ring is 1. The molecule has 29 heavy (non-hydrogen) atoms. The van der Waals surface area contributed by atoms with Gasteiger partial charge in [-0.3, -0.25) is 0 Å². The van der Waals surface area contributed by atoms with Crippen LogP contribution in [0.3, 0.4) is 0 Å². The SMILES string of the molecule is COc1ccc2c([S@@](=O)c3ccccc3N)cn(Cc3cc(F)cc(F)c3)c2c1. The highest BCUT2D eigenvalue weighted by Crippen LogP contribution is 2.32. The van der Waals surface area contributed by atoms with E-state index >= 15 is 0 Å². The Morgan fingerprint density at radius 1 is 1.00 bits per heavy atom. The summed E-state index contributed by atoms with van der Waals surface area (Å²) >= 11 is 0. The fraction of sp³-hybridized carbons (Fsp3) is 0.0909. The lowest BCUT2D eigenvalue weighted by Crippen LogP contribution is -2.00. The summed E-state index contributed by atoms with van der Waals surface area (Å²) in [4.78, 5) is 1.08. The van der Waals surface area contributed by atoms with Crippen LogP contribution in [-0.4, -0.2) is 15.9 Å². The second kappa shape index (κ2) is 7.67. The summed E-state index contributed by atoms with van der Waals surface area (Å²) in [5.41, 5.74) is 7.65. The fourth-order valence-electron chi connectivity index (χ4n) is 3.31. The van der Waals surface area contributed by atoms with E-state index in [-0.39, 0.29) is 6.54 Å². The van der Waals surface area contributed by atoms with Gasteiger partial charge in [-0.2, -0.15) is 0 Å². The molecule has 0 saturated carbocycles. The minimum absolute atomic E-state index is 0.208. The predicted octanol–water partition coefficient (Wildman–Crippen LogP) is 4.73. The molecule has 2 N–H and O–H groups in total. The summed E-state index contributed by atoms with van der Waals surface area (Å²) in [5.74, 6) is -0.663. The highest BCUT2D eigenvalue weighted by Gasteiger charge is 2.18. The van der Waals surface area contributed by atoms with Gasteiger partial charge in [0.05, 0.1) is 33.2 Å². The first-order chi connectivity index (χ1) is 14.0. The smallest absolute Gasteiger partial charge is 0.126 e. The van der Waals surface area contributed by atoms with Crippen molar-refractivity contribution >= 4 is 27.4 Å². The van der Waals surface area contributed by atoms with Crippen molar-refractivity contribution in [2.75, 3.05) is 12.8 Å². The number of ether oxygens (including phenoxy) is 1. The van der Waals surface area contributed by atoms with Gasteiger partial charge in [0.15, 0.2) is 0 Å². The van der Waals surface area contributed by atoms with E-state index < -0.39 is 22.4 Å². The van der Waals surface area contributed by atoms with Crippen LogP contribution in [-0.2, 0) is 17.3 Å². The average molecular weight is 412 g/mol. The van der Waals surface area contributed by atoms with Gasteiger partial charge in [-0.05, 0) is 42.0 Å². The molecule has 0 spiro atoms. The second-order valence-electron chi connectivity index (χ2n) is 6.59. The predicted molar refractivity (Wildman–Crippen MR) is 109 cm³/mol. The Morgan fingerprint density at radius 2 is 1.72 bits per heavy atom. The van der Waals surface area contributed by atoms with Gasteiger partial charge in [-0.1, -0.05) is 12.1 Å². The van der Waals surface area contributed by atoms with Gasteiger partial charge in [0.1, 0.15) is 17.4 Å². The molecule has 0 aliphatic rings. The van der Waals surface area contributed by atoms with Gasteiger partial charge in [-0.15, -0.1) is 0 Å². The van der Waals surface area contributed by atoms with Gasteiger partial charge in [-0.25, -0.2) is 13.0 Å². The van der Waals surface area contributed by atoms with Crippen LogP contribution < -0.4 is 10.5 Å². The maximum Gasteiger partial charge on any atom is 0.126 e. The molecule has 1 atom stereocenters. The Kier molecular flexibility index (Phi) is 5.07. The van der Waals surface area contributed by atoms with E-state index in [0.717, 1.165) is 17.0 Å². The van der Waals surface area contributed by atoms with E-state index in [1.165, 1.54) is 12.1 Å². The summed E-state index contributed by atoms with van der Waals surface area (Å²) in [7, 11) is 0.0334. The van der Waals surface area contributed by atoms with Gasteiger partial charge < -0.3 is 15.0 Å². The molecule has 0 aliphatic carbocycles. The lowest BCUT2D eigenvalue weighted by Gasteiger charge is -2.07. The lowest BCUT2D eigenvalue weighted by atomic mass is 10.2. The number of aromatic nitrogens is 1. The molecule has 0 aliphatic heterocycles. The molecular weight excluding hydrogens is 394 g/mol. The zero-order valence-corrected chi connectivity index (χ0v) is 16.4. The molecule has 0 radical (unpaired) electrons. The Labute approximate surface area is 169 Å². The van der Waals surface area contributed by atoms with Gasteiger partial charge in [0.2, 0.25) is 0 Å². The van der Waals surface area contributed by atoms with Crippen molar-refractivity contribution in [2.45, 2.75) is 16.3 Å². The molecule has 7 heteroatoms. The minimum atomic E-state index is -1.52. The maximum absolute atomic E-state index is 13.6. The topological polar surface area (TPSA) is 57.2 Å². The number of fused-ring (bicyclic) bond motifs is 1. The van der Waals surface area contributed by atoms with Gasteiger partial charge in [0, 0.05) is 35.9 Å². The number of hydrogen-bond acceptors (Lipinski definition) is 3. The number of nitrogens with two attached hydrogens (primary N) is 1. The molecule has 4 rings (SSSR count). The molecular formula is C22H18F2N2O2S. The second-order valence-corrected chi connectivity index (χ2v) is 8.01. The number of halogens is 2. The van der Waals surface area contributed by atoms with Crippen molar-refractivity contribution in [1.82, 2.24) is 4.57 Å². The number of nitrogens with zero attached hydrogens (tertiary/aromatic N) is 1. The van der Waals surface area contributed by atoms with Crippen molar-refractivity contribution in [2.24, 2.45) is 0 Å². The third kappa shape index (κ3) is 3.73. The highest BCUT2D eigenvalue weighted by molar-refractivity contribution is 7.85. The third-order valence-electron chi connectivity index (χ3n) is 4.65. The van der Waals surface area contributed by atoms with E-state index in [0.29, 0.717) is 26.8 Å². The van der Waals surface area contributed by atoms with Crippen LogP contribution in [0.4, 0.5) is 14.5 Å². The zero-order chi connectivity index (χ0) is 20.5. The summed E-state index contributed by atoms with van der Waals surface area (Å²) < 4.78 is 47.7. The number of rotatable bonds is 5. The standard InChI is InChI=1S/C22H18F2N2O2S/c1-28-17-6-7-18-20(11-17)26(12-14-8-15(23)10-16(24)9-14)13-22(18)29(27)21-5-3-2-4-19(21)25/h2-11,13H,12,25H2,1H3/t29-/m0/s1. The fourth-order valence-corrected chi connectivity index (χ4v) is 4.63. The van der Waals surface area contributed by atoms with Crippen molar-refractivity contribution in [3.05, 3.63) is 84.1 Å². The number of para-hydroxylation sites is 1. The van der Waals surface area contributed by atoms with Crippen LogP contribution in [0.15, 0.2) is 76.7 Å². The first-order valence-electron chi connectivity index (χ1n) is 8.84. The molecule has 1 aromatic heterocycles. The molecule has 148 valence electrons. The average Bonchev–Trinajstić information content (AvgIpc) is 3.04. The van der Waals surface area contributed by atoms with E-state index in [1.54, 1.807) is 54.3 Å². The minimum Gasteiger partial charge on any atom is -0.497 e. The van der Waals surface area contributed by atoms with Crippen LogP contribution >= 0.6 is 0 Å². The molecule has 4 nitrogen and oxygen atoms in total. The zero-order valence-electron chi connectivity index (χ0n) is 15.6. The van der Waals surface area contributed by atoms with E-state index in [1.807, 2.05) is 6.07 Å². The maximum atomic E-state index is 13.6. The molecule has 0 fully saturated rings. The van der Waals surface area contributed by atoms with Crippen LogP contribution in [0.1, 0.15) is 5.56 Å². The monoisotopic (exact) mass is 412 g/mol. The van der Waals surface area contributed by atoms with E-state index in [9.17, 15) is 13.0 Å². The molecule has 0 amide bonds. The van der Waals surface area contributed by atoms with Gasteiger partial charge in [0.25, 0.3) is 0 Å². The quantitative estimate of drug-likeness (QED) is 0.483. The summed E-state index contributed by atoms with van der Waals surface area (Å²) in [6, 6.07) is 15.8. The molecule has 0 bridgehead atoms. The van der Waals surface area contributed by atoms with Crippen molar-refractivity contribution in [3.63, 3.8) is 0 Å². The van der Waals surface area contributed by atoms with Crippen LogP contribution in [0.5, 0.6) is 5.75 Å². The Bertz CT molecular complexity index is 1220. The van der Waals surface area contributed by atoms with Crippen LogP contribution in [0, 0.1) is 11.6 Å². The first kappa shape index (κ1) is 19.1. The van der Waals surface area contributed by atoms with Crippen molar-refractivity contribution < 1.29 is 17.7 Å². The first-order valence-corrected chi connectivity index (χ1v) is 9.99. The number of methoxy groups -OCH3 is 1. The Morgan fingerprint density at radius 3 is 2.41 bits per heavy atom. The summed E-state index contributed by atoms with van der Waals surface area (Å²) in [6.07, 6.45) is 1.73. The molecule has 1 heterocycles. The third-order valence-corrected chi connectivity index (χ3v) is 6.14. The summed E-state index contributed by atoms with van der Waals surface area (Å²) in [5, 5.41) is 0.754. The lowest BCUT2D eigenvalue weighted by molar-refractivity contribution is 0.415. The van der Waals surface area contributed by atoms with Gasteiger partial charge >= 0.3 is 0 Å². The van der Waals surface area contributed by atoms with Crippen molar-refractivity contribution in [1.29, 1.82) is 0 Å². The molecule has 3 aromatic carbocycles. The van der Waals surface area contributed by atoms with Crippen LogP contribution in [0.2, 0.25) is 0 Å². The van der Waals surface area contributed by atoms with Crippen molar-refractivity contribution in [3.8, 4) is 5.75 Å². The molecule has 4 aromatic rings. The Balaban J connectivity index is 1.86. The molecule has 0 saturated heterocycles. The largest absolute Gasteiger partial charge is 0.497 e.